The van der Waals surface area contributed by atoms with Crippen LogP contribution in [-0.2, 0) is 14.3 Å². The first kappa shape index (κ1) is 21.9. The number of rotatable bonds is 6. The fourth-order valence-electron chi connectivity index (χ4n) is 3.54. The second-order valence-electron chi connectivity index (χ2n) is 7.15. The molecule has 0 bridgehead atoms. The maximum absolute atomic E-state index is 12.4. The van der Waals surface area contributed by atoms with Gasteiger partial charge in [-0.2, -0.15) is 0 Å². The Morgan fingerprint density at radius 2 is 1.84 bits per heavy atom. The highest BCUT2D eigenvalue weighted by Gasteiger charge is 2.36. The van der Waals surface area contributed by atoms with Gasteiger partial charge in [0.15, 0.2) is 6.10 Å². The fraction of sp³-hybridized carbons (Fsp3) is 0.300. The number of carbonyl (C=O) groups excluding carboxylic acids is 4. The standard InChI is InChI=1S/C20H19ClN4O6S/c21-16-6-5-15(32-16)17(26)23-9-13-10-25(20(29)30-13)12-3-1-11(2-4-12)24-8-7-14(18(24)27)31-19(22)28/h1-6,13-14H,7-10H2,(H2,22,28)(H,23,26)/t13-,14+/m0/s1. The highest BCUT2D eigenvalue weighted by Crippen LogP contribution is 2.28. The van der Waals surface area contributed by atoms with Crippen LogP contribution >= 0.6 is 22.9 Å². The summed E-state index contributed by atoms with van der Waals surface area (Å²) in [6.07, 6.45) is -2.55. The second kappa shape index (κ2) is 9.05. The van der Waals surface area contributed by atoms with Crippen LogP contribution in [0.1, 0.15) is 16.1 Å². The molecule has 3 N–H and O–H groups in total. The van der Waals surface area contributed by atoms with E-state index in [9.17, 15) is 19.2 Å². The minimum absolute atomic E-state index is 0.165. The molecule has 3 heterocycles. The van der Waals surface area contributed by atoms with Crippen LogP contribution < -0.4 is 20.9 Å². The molecule has 0 unspecified atom stereocenters. The molecular formula is C20H19ClN4O6S. The maximum atomic E-state index is 12.4. The molecule has 0 spiro atoms. The summed E-state index contributed by atoms with van der Waals surface area (Å²) >= 11 is 7.01. The third kappa shape index (κ3) is 4.63. The lowest BCUT2D eigenvalue weighted by molar-refractivity contribution is -0.124. The number of nitrogens with one attached hydrogen (secondary N) is 1. The number of hydrogen-bond acceptors (Lipinski definition) is 7. The Hall–Kier alpha value is -3.31. The normalized spacial score (nSPS) is 20.4. The molecule has 168 valence electrons. The number of nitrogens with two attached hydrogens (primary N) is 1. The molecule has 0 aliphatic carbocycles. The summed E-state index contributed by atoms with van der Waals surface area (Å²) in [4.78, 5) is 51.1. The molecule has 0 radical (unpaired) electrons. The van der Waals surface area contributed by atoms with E-state index < -0.39 is 24.4 Å². The summed E-state index contributed by atoms with van der Waals surface area (Å²) < 4.78 is 10.7. The van der Waals surface area contributed by atoms with Gasteiger partial charge in [-0.3, -0.25) is 14.5 Å². The minimum atomic E-state index is -0.988. The quantitative estimate of drug-likeness (QED) is 0.655. The molecule has 2 aliphatic rings. The molecular weight excluding hydrogens is 460 g/mol. The van der Waals surface area contributed by atoms with Gasteiger partial charge in [0.1, 0.15) is 6.10 Å². The van der Waals surface area contributed by atoms with Crippen molar-refractivity contribution in [3.8, 4) is 0 Å². The van der Waals surface area contributed by atoms with Gasteiger partial charge in [0.05, 0.1) is 22.3 Å². The number of carbonyl (C=O) groups is 4. The summed E-state index contributed by atoms with van der Waals surface area (Å²) in [6, 6.07) is 10.1. The number of benzene rings is 1. The van der Waals surface area contributed by atoms with E-state index in [2.05, 4.69) is 5.32 Å². The van der Waals surface area contributed by atoms with Crippen molar-refractivity contribution in [3.63, 3.8) is 0 Å². The first-order valence-electron chi connectivity index (χ1n) is 9.71. The first-order chi connectivity index (χ1) is 15.3. The number of nitrogens with zero attached hydrogens (tertiary/aromatic N) is 2. The summed E-state index contributed by atoms with van der Waals surface area (Å²) in [7, 11) is 0. The lowest BCUT2D eigenvalue weighted by atomic mass is 10.2. The average molecular weight is 479 g/mol. The zero-order chi connectivity index (χ0) is 22.8. The smallest absolute Gasteiger partial charge is 0.414 e. The van der Waals surface area contributed by atoms with Crippen LogP contribution in [0.4, 0.5) is 21.0 Å². The summed E-state index contributed by atoms with van der Waals surface area (Å²) in [5.74, 6) is -0.630. The van der Waals surface area contributed by atoms with Crippen molar-refractivity contribution in [2.45, 2.75) is 18.6 Å². The van der Waals surface area contributed by atoms with Crippen molar-refractivity contribution in [2.24, 2.45) is 5.73 Å². The molecule has 1 aromatic heterocycles. The van der Waals surface area contributed by atoms with Crippen molar-refractivity contribution in [2.75, 3.05) is 29.4 Å². The molecule has 0 saturated carbocycles. The Morgan fingerprint density at radius 1 is 1.16 bits per heavy atom. The SMILES string of the molecule is NC(=O)O[C@@H]1CCN(c2ccc(N3C[C@H](CNC(=O)c4ccc(Cl)s4)OC3=O)cc2)C1=O. The van der Waals surface area contributed by atoms with Crippen LogP contribution in [-0.4, -0.2) is 55.8 Å². The van der Waals surface area contributed by atoms with Gasteiger partial charge in [0.25, 0.3) is 11.8 Å². The highest BCUT2D eigenvalue weighted by atomic mass is 35.5. The topological polar surface area (TPSA) is 131 Å². The second-order valence-corrected chi connectivity index (χ2v) is 8.87. The van der Waals surface area contributed by atoms with Gasteiger partial charge >= 0.3 is 12.2 Å². The molecule has 2 aromatic rings. The fourth-order valence-corrected chi connectivity index (χ4v) is 4.50. The summed E-state index contributed by atoms with van der Waals surface area (Å²) in [6.45, 7) is 0.818. The highest BCUT2D eigenvalue weighted by molar-refractivity contribution is 7.18. The van der Waals surface area contributed by atoms with Gasteiger partial charge in [-0.1, -0.05) is 11.6 Å². The number of primary amides is 1. The van der Waals surface area contributed by atoms with E-state index in [4.69, 9.17) is 26.8 Å². The third-order valence-electron chi connectivity index (χ3n) is 5.05. The third-order valence-corrected chi connectivity index (χ3v) is 6.28. The van der Waals surface area contributed by atoms with Crippen molar-refractivity contribution >= 4 is 58.3 Å². The molecule has 2 saturated heterocycles. The lowest BCUT2D eigenvalue weighted by Crippen LogP contribution is -2.34. The largest absolute Gasteiger partial charge is 0.442 e. The number of ether oxygens (including phenoxy) is 2. The number of amides is 4. The zero-order valence-electron chi connectivity index (χ0n) is 16.7. The van der Waals surface area contributed by atoms with E-state index in [0.717, 1.165) is 0 Å². The number of hydrogen-bond donors (Lipinski definition) is 2. The van der Waals surface area contributed by atoms with Crippen LogP contribution in [0.2, 0.25) is 4.34 Å². The number of cyclic esters (lactones) is 1. The Bertz CT molecular complexity index is 1060. The van der Waals surface area contributed by atoms with E-state index in [1.165, 1.54) is 21.1 Å². The molecule has 4 rings (SSSR count). The molecule has 2 aliphatic heterocycles. The maximum Gasteiger partial charge on any atom is 0.414 e. The molecule has 1 aromatic carbocycles. The van der Waals surface area contributed by atoms with E-state index in [0.29, 0.717) is 33.6 Å². The van der Waals surface area contributed by atoms with Gasteiger partial charge in [-0.05, 0) is 36.4 Å². The average Bonchev–Trinajstić information content (AvgIpc) is 3.46. The van der Waals surface area contributed by atoms with Gasteiger partial charge in [-0.25, -0.2) is 9.59 Å². The Morgan fingerprint density at radius 3 is 2.47 bits per heavy atom. The predicted octanol–water partition coefficient (Wildman–Crippen LogP) is 2.36. The van der Waals surface area contributed by atoms with E-state index in [1.807, 2.05) is 0 Å². The van der Waals surface area contributed by atoms with Gasteiger partial charge in [0.2, 0.25) is 0 Å². The Balaban J connectivity index is 1.34. The number of thiophene rings is 1. The minimum Gasteiger partial charge on any atom is -0.442 e. The molecule has 12 heteroatoms. The van der Waals surface area contributed by atoms with Crippen LogP contribution in [0.25, 0.3) is 0 Å². The Kier molecular flexibility index (Phi) is 6.19. The lowest BCUT2D eigenvalue weighted by Gasteiger charge is -2.18. The van der Waals surface area contributed by atoms with Gasteiger partial charge < -0.3 is 25.4 Å². The Labute approximate surface area is 191 Å². The van der Waals surface area contributed by atoms with Crippen molar-refractivity contribution in [1.29, 1.82) is 0 Å². The monoisotopic (exact) mass is 478 g/mol. The van der Waals surface area contributed by atoms with Crippen molar-refractivity contribution in [3.05, 3.63) is 45.6 Å². The summed E-state index contributed by atoms with van der Waals surface area (Å²) in [5, 5.41) is 2.74. The molecule has 10 nitrogen and oxygen atoms in total. The molecule has 2 fully saturated rings. The number of anilines is 2. The van der Waals surface area contributed by atoms with Gasteiger partial charge in [-0.15, -0.1) is 11.3 Å². The molecule has 32 heavy (non-hydrogen) atoms. The van der Waals surface area contributed by atoms with E-state index >= 15 is 0 Å². The summed E-state index contributed by atoms with van der Waals surface area (Å²) in [5.41, 5.74) is 6.20. The molecule has 2 atom stereocenters. The molecule has 4 amide bonds. The van der Waals surface area contributed by atoms with Crippen molar-refractivity contribution in [1.82, 2.24) is 5.32 Å². The van der Waals surface area contributed by atoms with Gasteiger partial charge in [0, 0.05) is 24.3 Å². The zero-order valence-corrected chi connectivity index (χ0v) is 18.2. The van der Waals surface area contributed by atoms with E-state index in [-0.39, 0.29) is 24.9 Å². The van der Waals surface area contributed by atoms with Crippen LogP contribution in [0.3, 0.4) is 0 Å². The van der Waals surface area contributed by atoms with Crippen LogP contribution in [0.5, 0.6) is 0 Å². The first-order valence-corrected chi connectivity index (χ1v) is 10.9. The van der Waals surface area contributed by atoms with Crippen LogP contribution in [0, 0.1) is 0 Å². The number of halogens is 1. The van der Waals surface area contributed by atoms with E-state index in [1.54, 1.807) is 36.4 Å². The van der Waals surface area contributed by atoms with Crippen LogP contribution in [0.15, 0.2) is 36.4 Å². The van der Waals surface area contributed by atoms with Crippen molar-refractivity contribution < 1.29 is 28.7 Å². The predicted molar refractivity (Wildman–Crippen MR) is 117 cm³/mol.